The molecule has 0 saturated heterocycles. The molecule has 1 aromatic rings. The van der Waals surface area contributed by atoms with E-state index in [1.165, 1.54) is 6.07 Å². The molecule has 0 aromatic heterocycles. The summed E-state index contributed by atoms with van der Waals surface area (Å²) in [7, 11) is 0. The SMILES string of the molecule is Cl.Nc1cccc(C(=O)NCCOCC(F)(F)F)c1. The van der Waals surface area contributed by atoms with E-state index < -0.39 is 18.7 Å². The van der Waals surface area contributed by atoms with Crippen molar-refractivity contribution in [3.05, 3.63) is 29.8 Å². The van der Waals surface area contributed by atoms with Crippen molar-refractivity contribution >= 4 is 24.0 Å². The first-order valence-electron chi connectivity index (χ1n) is 5.17. The Morgan fingerprint density at radius 1 is 1.37 bits per heavy atom. The zero-order chi connectivity index (χ0) is 13.6. The van der Waals surface area contributed by atoms with Gasteiger partial charge in [0.25, 0.3) is 5.91 Å². The van der Waals surface area contributed by atoms with Gasteiger partial charge in [-0.25, -0.2) is 0 Å². The quantitative estimate of drug-likeness (QED) is 0.645. The van der Waals surface area contributed by atoms with Crippen LogP contribution in [0.3, 0.4) is 0 Å². The van der Waals surface area contributed by atoms with Crippen molar-refractivity contribution in [2.45, 2.75) is 6.18 Å². The van der Waals surface area contributed by atoms with Gasteiger partial charge in [0, 0.05) is 17.8 Å². The second-order valence-electron chi connectivity index (χ2n) is 3.55. The molecule has 8 heteroatoms. The Morgan fingerprint density at radius 3 is 2.63 bits per heavy atom. The van der Waals surface area contributed by atoms with Crippen molar-refractivity contribution in [1.29, 1.82) is 0 Å². The Morgan fingerprint density at radius 2 is 2.05 bits per heavy atom. The van der Waals surface area contributed by atoms with Crippen LogP contribution >= 0.6 is 12.4 Å². The molecule has 0 bridgehead atoms. The van der Waals surface area contributed by atoms with Gasteiger partial charge in [-0.1, -0.05) is 6.07 Å². The van der Waals surface area contributed by atoms with Gasteiger partial charge < -0.3 is 15.8 Å². The highest BCUT2D eigenvalue weighted by molar-refractivity contribution is 5.94. The topological polar surface area (TPSA) is 64.4 Å². The van der Waals surface area contributed by atoms with Gasteiger partial charge in [0.05, 0.1) is 6.61 Å². The third-order valence-corrected chi connectivity index (χ3v) is 1.95. The highest BCUT2D eigenvalue weighted by atomic mass is 35.5. The van der Waals surface area contributed by atoms with Crippen LogP contribution in [0.1, 0.15) is 10.4 Å². The highest BCUT2D eigenvalue weighted by Crippen LogP contribution is 2.14. The predicted octanol–water partition coefficient (Wildman–Crippen LogP) is 2.00. The summed E-state index contributed by atoms with van der Waals surface area (Å²) in [5.41, 5.74) is 6.28. The number of halogens is 4. The zero-order valence-corrected chi connectivity index (χ0v) is 10.7. The predicted molar refractivity (Wildman–Crippen MR) is 67.3 cm³/mol. The number of nitrogens with two attached hydrogens (primary N) is 1. The van der Waals surface area contributed by atoms with Crippen molar-refractivity contribution in [3.63, 3.8) is 0 Å². The molecule has 0 radical (unpaired) electrons. The molecule has 1 aromatic carbocycles. The molecule has 0 aliphatic rings. The summed E-state index contributed by atoms with van der Waals surface area (Å²) in [6, 6.07) is 6.28. The molecule has 1 rings (SSSR count). The molecule has 0 aliphatic heterocycles. The summed E-state index contributed by atoms with van der Waals surface area (Å²) in [5, 5.41) is 2.43. The summed E-state index contributed by atoms with van der Waals surface area (Å²) < 4.78 is 39.5. The van der Waals surface area contributed by atoms with E-state index in [4.69, 9.17) is 5.73 Å². The van der Waals surface area contributed by atoms with Gasteiger partial charge in [-0.05, 0) is 18.2 Å². The fourth-order valence-corrected chi connectivity index (χ4v) is 1.21. The standard InChI is InChI=1S/C11H13F3N2O2.ClH/c12-11(13,14)7-18-5-4-16-10(17)8-2-1-3-9(15)6-8;/h1-3,6H,4-5,7,15H2,(H,16,17);1H. The summed E-state index contributed by atoms with van der Waals surface area (Å²) in [4.78, 5) is 11.5. The van der Waals surface area contributed by atoms with Crippen molar-refractivity contribution in [2.24, 2.45) is 0 Å². The molecule has 0 atom stereocenters. The van der Waals surface area contributed by atoms with Crippen LogP contribution in [0.25, 0.3) is 0 Å². The summed E-state index contributed by atoms with van der Waals surface area (Å²) in [6.07, 6.45) is -4.35. The van der Waals surface area contributed by atoms with Crippen LogP contribution in [0.4, 0.5) is 18.9 Å². The van der Waals surface area contributed by atoms with E-state index in [0.29, 0.717) is 11.3 Å². The minimum absolute atomic E-state index is 0. The van der Waals surface area contributed by atoms with E-state index >= 15 is 0 Å². The number of hydrogen-bond acceptors (Lipinski definition) is 3. The Bertz CT molecular complexity index is 413. The number of anilines is 1. The number of rotatable bonds is 5. The molecule has 0 fully saturated rings. The second kappa shape index (κ2) is 7.85. The van der Waals surface area contributed by atoms with Gasteiger partial charge in [0.2, 0.25) is 0 Å². The first-order valence-corrected chi connectivity index (χ1v) is 5.17. The minimum atomic E-state index is -4.35. The number of carbonyl (C=O) groups is 1. The van der Waals surface area contributed by atoms with E-state index in [1.54, 1.807) is 18.2 Å². The second-order valence-corrected chi connectivity index (χ2v) is 3.55. The van der Waals surface area contributed by atoms with E-state index in [1.807, 2.05) is 0 Å². The first-order chi connectivity index (χ1) is 8.38. The lowest BCUT2D eigenvalue weighted by atomic mass is 10.2. The molecule has 19 heavy (non-hydrogen) atoms. The van der Waals surface area contributed by atoms with Crippen LogP contribution in [0.5, 0.6) is 0 Å². The Hall–Kier alpha value is -1.47. The molecule has 0 heterocycles. The van der Waals surface area contributed by atoms with Crippen LogP contribution < -0.4 is 11.1 Å². The highest BCUT2D eigenvalue weighted by Gasteiger charge is 2.27. The number of benzene rings is 1. The van der Waals surface area contributed by atoms with Crippen LogP contribution in [-0.4, -0.2) is 31.8 Å². The summed E-state index contributed by atoms with van der Waals surface area (Å²) in [6.45, 7) is -1.52. The first kappa shape index (κ1) is 17.5. The maximum absolute atomic E-state index is 11.7. The lowest BCUT2D eigenvalue weighted by molar-refractivity contribution is -0.173. The molecule has 0 saturated carbocycles. The molecular formula is C11H14ClF3N2O2. The summed E-state index contributed by atoms with van der Waals surface area (Å²) >= 11 is 0. The van der Waals surface area contributed by atoms with Crippen LogP contribution in [0.2, 0.25) is 0 Å². The van der Waals surface area contributed by atoms with Gasteiger partial charge in [-0.15, -0.1) is 12.4 Å². The van der Waals surface area contributed by atoms with Gasteiger partial charge in [0.15, 0.2) is 0 Å². The van der Waals surface area contributed by atoms with E-state index in [0.717, 1.165) is 0 Å². The maximum Gasteiger partial charge on any atom is 0.411 e. The maximum atomic E-state index is 11.7. The van der Waals surface area contributed by atoms with Gasteiger partial charge in [0.1, 0.15) is 6.61 Å². The van der Waals surface area contributed by atoms with Gasteiger partial charge in [-0.3, -0.25) is 4.79 Å². The van der Waals surface area contributed by atoms with Gasteiger partial charge in [-0.2, -0.15) is 13.2 Å². The summed E-state index contributed by atoms with van der Waals surface area (Å²) in [5.74, 6) is -0.405. The number of nitrogen functional groups attached to an aromatic ring is 1. The van der Waals surface area contributed by atoms with E-state index in [9.17, 15) is 18.0 Å². The molecule has 4 nitrogen and oxygen atoms in total. The Balaban J connectivity index is 0.00000324. The van der Waals surface area contributed by atoms with Crippen molar-refractivity contribution in [3.8, 4) is 0 Å². The van der Waals surface area contributed by atoms with Gasteiger partial charge >= 0.3 is 6.18 Å². The fraction of sp³-hybridized carbons (Fsp3) is 0.364. The minimum Gasteiger partial charge on any atom is -0.399 e. The lowest BCUT2D eigenvalue weighted by Crippen LogP contribution is -2.28. The molecule has 3 N–H and O–H groups in total. The Labute approximate surface area is 114 Å². The van der Waals surface area contributed by atoms with Crippen LogP contribution in [0, 0.1) is 0 Å². The third kappa shape index (κ3) is 7.53. The molecular weight excluding hydrogens is 285 g/mol. The average molecular weight is 299 g/mol. The van der Waals surface area contributed by atoms with Crippen LogP contribution in [-0.2, 0) is 4.74 Å². The Kier molecular flexibility index (Phi) is 7.25. The van der Waals surface area contributed by atoms with Crippen LogP contribution in [0.15, 0.2) is 24.3 Å². The number of alkyl halides is 3. The number of hydrogen-bond donors (Lipinski definition) is 2. The number of ether oxygens (including phenoxy) is 1. The zero-order valence-electron chi connectivity index (χ0n) is 9.87. The number of nitrogens with one attached hydrogen (secondary N) is 1. The monoisotopic (exact) mass is 298 g/mol. The third-order valence-electron chi connectivity index (χ3n) is 1.95. The molecule has 0 spiro atoms. The normalized spacial score (nSPS) is 10.7. The number of carbonyl (C=O) groups excluding carboxylic acids is 1. The van der Waals surface area contributed by atoms with E-state index in [2.05, 4.69) is 10.1 Å². The fourth-order valence-electron chi connectivity index (χ4n) is 1.21. The molecule has 1 amide bonds. The molecule has 108 valence electrons. The number of amides is 1. The van der Waals surface area contributed by atoms with E-state index in [-0.39, 0.29) is 25.6 Å². The van der Waals surface area contributed by atoms with Crippen molar-refractivity contribution < 1.29 is 22.7 Å². The van der Waals surface area contributed by atoms with Crippen molar-refractivity contribution in [1.82, 2.24) is 5.32 Å². The smallest absolute Gasteiger partial charge is 0.399 e. The average Bonchev–Trinajstić information content (AvgIpc) is 2.26. The molecule has 0 aliphatic carbocycles. The lowest BCUT2D eigenvalue weighted by Gasteiger charge is -2.08. The largest absolute Gasteiger partial charge is 0.411 e. The molecule has 0 unspecified atom stereocenters. The van der Waals surface area contributed by atoms with Crippen molar-refractivity contribution in [2.75, 3.05) is 25.5 Å².